The van der Waals surface area contributed by atoms with Gasteiger partial charge in [-0.1, -0.05) is 5.16 Å². The first-order valence-corrected chi connectivity index (χ1v) is 5.68. The van der Waals surface area contributed by atoms with E-state index in [0.29, 0.717) is 24.2 Å². The minimum absolute atomic E-state index is 0.371. The van der Waals surface area contributed by atoms with Gasteiger partial charge in [-0.05, 0) is 33.7 Å². The molecule has 1 aromatic rings. The summed E-state index contributed by atoms with van der Waals surface area (Å²) in [5.74, 6) is 0.783. The van der Waals surface area contributed by atoms with Crippen molar-refractivity contribution in [2.75, 3.05) is 7.05 Å². The molecule has 6 nitrogen and oxygen atoms in total. The van der Waals surface area contributed by atoms with E-state index in [9.17, 15) is 4.79 Å². The van der Waals surface area contributed by atoms with Crippen molar-refractivity contribution in [3.63, 3.8) is 0 Å². The molecule has 0 unspecified atom stereocenters. The van der Waals surface area contributed by atoms with Gasteiger partial charge in [0.2, 0.25) is 5.89 Å². The van der Waals surface area contributed by atoms with Crippen molar-refractivity contribution in [3.05, 3.63) is 11.7 Å². The highest BCUT2D eigenvalue weighted by Crippen LogP contribution is 2.38. The predicted octanol–water partition coefficient (Wildman–Crippen LogP) is 1.24. The second-order valence-electron chi connectivity index (χ2n) is 5.04. The maximum Gasteiger partial charge on any atom is 0.323 e. The molecule has 0 aliphatic heterocycles. The fraction of sp³-hybridized carbons (Fsp3) is 0.727. The smallest absolute Gasteiger partial charge is 0.323 e. The average molecular weight is 239 g/mol. The molecule has 17 heavy (non-hydrogen) atoms. The lowest BCUT2D eigenvalue weighted by atomic mass is 10.0. The van der Waals surface area contributed by atoms with Crippen LogP contribution in [0.15, 0.2) is 4.52 Å². The largest absolute Gasteiger partial charge is 0.480 e. The normalized spacial score (nSPS) is 16.5. The van der Waals surface area contributed by atoms with Gasteiger partial charge in [0.05, 0.1) is 6.54 Å². The van der Waals surface area contributed by atoms with Crippen molar-refractivity contribution >= 4 is 5.97 Å². The van der Waals surface area contributed by atoms with Crippen LogP contribution in [0, 0.1) is 0 Å². The summed E-state index contributed by atoms with van der Waals surface area (Å²) in [5, 5.41) is 13.0. The summed E-state index contributed by atoms with van der Waals surface area (Å²) in [7, 11) is 1.74. The van der Waals surface area contributed by atoms with Gasteiger partial charge in [-0.3, -0.25) is 9.69 Å². The molecule has 94 valence electrons. The van der Waals surface area contributed by atoms with Gasteiger partial charge in [0.25, 0.3) is 0 Å². The molecular formula is C11H17N3O3. The van der Waals surface area contributed by atoms with Crippen LogP contribution >= 0.6 is 0 Å². The maximum atomic E-state index is 11.1. The SMILES string of the molecule is CN(Cc1noc(C2CC2)n1)C(C)(C)C(=O)O. The molecule has 1 aliphatic carbocycles. The zero-order chi connectivity index (χ0) is 12.6. The Morgan fingerprint density at radius 1 is 1.59 bits per heavy atom. The van der Waals surface area contributed by atoms with Crippen LogP contribution in [-0.4, -0.2) is 38.7 Å². The van der Waals surface area contributed by atoms with Crippen LogP contribution in [0.2, 0.25) is 0 Å². The minimum atomic E-state index is -0.944. The van der Waals surface area contributed by atoms with Gasteiger partial charge in [0, 0.05) is 5.92 Å². The number of hydrogen-bond donors (Lipinski definition) is 1. The second-order valence-corrected chi connectivity index (χ2v) is 5.04. The van der Waals surface area contributed by atoms with Gasteiger partial charge in [0.15, 0.2) is 5.82 Å². The molecule has 0 saturated heterocycles. The highest BCUT2D eigenvalue weighted by Gasteiger charge is 2.34. The Morgan fingerprint density at radius 3 is 2.76 bits per heavy atom. The summed E-state index contributed by atoms with van der Waals surface area (Å²) in [5.41, 5.74) is -0.944. The standard InChI is InChI=1S/C11H17N3O3/c1-11(2,10(15)16)14(3)6-8-12-9(17-13-8)7-4-5-7/h7H,4-6H2,1-3H3,(H,15,16). The summed E-state index contributed by atoms with van der Waals surface area (Å²) < 4.78 is 5.13. The molecule has 0 atom stereocenters. The molecular weight excluding hydrogens is 222 g/mol. The van der Waals surface area contributed by atoms with Gasteiger partial charge in [-0.2, -0.15) is 4.98 Å². The topological polar surface area (TPSA) is 79.5 Å². The maximum absolute atomic E-state index is 11.1. The number of rotatable bonds is 5. The molecule has 1 heterocycles. The Bertz CT molecular complexity index is 423. The highest BCUT2D eigenvalue weighted by atomic mass is 16.5. The summed E-state index contributed by atoms with van der Waals surface area (Å²) in [6, 6.07) is 0. The third kappa shape index (κ3) is 2.46. The molecule has 0 bridgehead atoms. The molecule has 0 aromatic carbocycles. The molecule has 2 rings (SSSR count). The molecule has 0 radical (unpaired) electrons. The second kappa shape index (κ2) is 4.10. The third-order valence-electron chi connectivity index (χ3n) is 3.27. The number of carbonyl (C=O) groups is 1. The van der Waals surface area contributed by atoms with Gasteiger partial charge in [-0.15, -0.1) is 0 Å². The lowest BCUT2D eigenvalue weighted by Crippen LogP contribution is -2.47. The summed E-state index contributed by atoms with van der Waals surface area (Å²) in [4.78, 5) is 17.0. The first kappa shape index (κ1) is 12.0. The van der Waals surface area contributed by atoms with Crippen LogP contribution in [0.4, 0.5) is 0 Å². The van der Waals surface area contributed by atoms with E-state index < -0.39 is 11.5 Å². The quantitative estimate of drug-likeness (QED) is 0.832. The van der Waals surface area contributed by atoms with E-state index in [4.69, 9.17) is 9.63 Å². The Hall–Kier alpha value is -1.43. The van der Waals surface area contributed by atoms with Crippen molar-refractivity contribution in [3.8, 4) is 0 Å². The van der Waals surface area contributed by atoms with Gasteiger partial charge in [0.1, 0.15) is 5.54 Å². The number of carboxylic acid groups (broad SMARTS) is 1. The Labute approximate surface area is 99.6 Å². The van der Waals surface area contributed by atoms with Crippen LogP contribution < -0.4 is 0 Å². The molecule has 1 N–H and O–H groups in total. The third-order valence-corrected chi connectivity index (χ3v) is 3.27. The summed E-state index contributed by atoms with van der Waals surface area (Å²) >= 11 is 0. The van der Waals surface area contributed by atoms with Crippen molar-refractivity contribution in [2.45, 2.75) is 44.7 Å². The van der Waals surface area contributed by atoms with Crippen molar-refractivity contribution < 1.29 is 14.4 Å². The fourth-order valence-corrected chi connectivity index (χ4v) is 1.40. The molecule has 1 aliphatic rings. The molecule has 1 fully saturated rings. The molecule has 1 saturated carbocycles. The van der Waals surface area contributed by atoms with Crippen LogP contribution in [0.5, 0.6) is 0 Å². The monoisotopic (exact) mass is 239 g/mol. The predicted molar refractivity (Wildman–Crippen MR) is 59.5 cm³/mol. The molecule has 1 aromatic heterocycles. The van der Waals surface area contributed by atoms with Gasteiger partial charge >= 0.3 is 5.97 Å². The number of likely N-dealkylation sites (N-methyl/N-ethyl adjacent to an activating group) is 1. The number of hydrogen-bond acceptors (Lipinski definition) is 5. The van der Waals surface area contributed by atoms with Crippen LogP contribution in [0.3, 0.4) is 0 Å². The van der Waals surface area contributed by atoms with E-state index in [1.807, 2.05) is 0 Å². The van der Waals surface area contributed by atoms with Gasteiger partial charge < -0.3 is 9.63 Å². The van der Waals surface area contributed by atoms with Crippen molar-refractivity contribution in [1.29, 1.82) is 0 Å². The van der Waals surface area contributed by atoms with E-state index >= 15 is 0 Å². The lowest BCUT2D eigenvalue weighted by Gasteiger charge is -2.30. The van der Waals surface area contributed by atoms with E-state index in [-0.39, 0.29) is 0 Å². The zero-order valence-corrected chi connectivity index (χ0v) is 10.3. The first-order valence-electron chi connectivity index (χ1n) is 5.68. The first-order chi connectivity index (χ1) is 7.91. The van der Waals surface area contributed by atoms with Crippen LogP contribution in [-0.2, 0) is 11.3 Å². The molecule has 0 spiro atoms. The number of nitrogens with zero attached hydrogens (tertiary/aromatic N) is 3. The average Bonchev–Trinajstić information content (AvgIpc) is 3.00. The van der Waals surface area contributed by atoms with E-state index in [2.05, 4.69) is 10.1 Å². The lowest BCUT2D eigenvalue weighted by molar-refractivity contribution is -0.148. The molecule has 6 heteroatoms. The number of aromatic nitrogens is 2. The summed E-state index contributed by atoms with van der Waals surface area (Å²) in [6.07, 6.45) is 2.22. The number of carboxylic acids is 1. The van der Waals surface area contributed by atoms with Crippen molar-refractivity contribution in [1.82, 2.24) is 15.0 Å². The minimum Gasteiger partial charge on any atom is -0.480 e. The zero-order valence-electron chi connectivity index (χ0n) is 10.3. The highest BCUT2D eigenvalue weighted by molar-refractivity contribution is 5.77. The van der Waals surface area contributed by atoms with E-state index in [1.54, 1.807) is 25.8 Å². The number of aliphatic carboxylic acids is 1. The van der Waals surface area contributed by atoms with Crippen LogP contribution in [0.25, 0.3) is 0 Å². The molecule has 0 amide bonds. The summed E-state index contributed by atoms with van der Waals surface area (Å²) in [6.45, 7) is 3.67. The Kier molecular flexibility index (Phi) is 2.91. The van der Waals surface area contributed by atoms with Gasteiger partial charge in [-0.25, -0.2) is 0 Å². The van der Waals surface area contributed by atoms with Crippen LogP contribution in [0.1, 0.15) is 44.3 Å². The fourth-order valence-electron chi connectivity index (χ4n) is 1.40. The van der Waals surface area contributed by atoms with E-state index in [0.717, 1.165) is 12.8 Å². The Morgan fingerprint density at radius 2 is 2.24 bits per heavy atom. The Balaban J connectivity index is 2.01. The van der Waals surface area contributed by atoms with Crippen molar-refractivity contribution in [2.24, 2.45) is 0 Å². The van der Waals surface area contributed by atoms with E-state index in [1.165, 1.54) is 0 Å².